The second-order valence-corrected chi connectivity index (χ2v) is 9.90. The third-order valence-corrected chi connectivity index (χ3v) is 6.37. The van der Waals surface area contributed by atoms with E-state index in [-0.39, 0.29) is 0 Å². The van der Waals surface area contributed by atoms with Gasteiger partial charge in [0.05, 0.1) is 26.4 Å². The molecule has 0 amide bonds. The number of ether oxygens (including phenoxy) is 1. The van der Waals surface area contributed by atoms with E-state index in [0.29, 0.717) is 13.2 Å². The molecule has 0 radical (unpaired) electrons. The molecular formula is C24H52NO5P. The van der Waals surface area contributed by atoms with E-state index >= 15 is 0 Å². The monoisotopic (exact) mass is 465 g/mol. The summed E-state index contributed by atoms with van der Waals surface area (Å²) >= 11 is 0. The van der Waals surface area contributed by atoms with Gasteiger partial charge >= 0.3 is 7.82 Å². The number of phosphoric acid groups is 1. The maximum absolute atomic E-state index is 11.7. The van der Waals surface area contributed by atoms with E-state index in [9.17, 15) is 9.46 Å². The van der Waals surface area contributed by atoms with E-state index in [2.05, 4.69) is 19.2 Å². The van der Waals surface area contributed by atoms with E-state index in [1.165, 1.54) is 77.0 Å². The maximum Gasteiger partial charge on any atom is 0.472 e. The van der Waals surface area contributed by atoms with Crippen molar-refractivity contribution in [1.82, 2.24) is 5.32 Å². The van der Waals surface area contributed by atoms with Crippen molar-refractivity contribution in [2.24, 2.45) is 0 Å². The molecule has 1 rings (SSSR count). The summed E-state index contributed by atoms with van der Waals surface area (Å²) in [5.41, 5.74) is 0. The highest BCUT2D eigenvalue weighted by molar-refractivity contribution is 7.47. The molecule has 1 aliphatic rings. The highest BCUT2D eigenvalue weighted by atomic mass is 31.2. The molecule has 0 bridgehead atoms. The van der Waals surface area contributed by atoms with Crippen LogP contribution in [0.4, 0.5) is 0 Å². The molecule has 1 saturated heterocycles. The van der Waals surface area contributed by atoms with Gasteiger partial charge in [0.25, 0.3) is 0 Å². The molecule has 0 aliphatic carbocycles. The number of rotatable bonds is 20. The number of nitrogens with one attached hydrogen (secondary N) is 1. The Morgan fingerprint density at radius 1 is 0.677 bits per heavy atom. The number of unbranched alkanes of at least 4 members (excludes halogenated alkanes) is 14. The van der Waals surface area contributed by atoms with Crippen LogP contribution in [0, 0.1) is 0 Å². The lowest BCUT2D eigenvalue weighted by atomic mass is 10.1. The minimum Gasteiger partial charge on any atom is -0.379 e. The zero-order valence-corrected chi connectivity index (χ0v) is 21.5. The summed E-state index contributed by atoms with van der Waals surface area (Å²) in [6, 6.07) is 0. The minimum atomic E-state index is -3.83. The second kappa shape index (κ2) is 24.7. The Morgan fingerprint density at radius 2 is 1.03 bits per heavy atom. The van der Waals surface area contributed by atoms with Crippen LogP contribution < -0.4 is 5.32 Å². The summed E-state index contributed by atoms with van der Waals surface area (Å²) in [4.78, 5) is 9.63. The first-order chi connectivity index (χ1) is 15.1. The van der Waals surface area contributed by atoms with Gasteiger partial charge in [0.1, 0.15) is 0 Å². The van der Waals surface area contributed by atoms with Crippen molar-refractivity contribution in [3.05, 3.63) is 0 Å². The van der Waals surface area contributed by atoms with Crippen LogP contribution >= 0.6 is 7.82 Å². The molecule has 0 saturated carbocycles. The van der Waals surface area contributed by atoms with Crippen LogP contribution in [0.3, 0.4) is 0 Å². The molecule has 31 heavy (non-hydrogen) atoms. The Kier molecular flexibility index (Phi) is 24.7. The Bertz CT molecular complexity index is 357. The van der Waals surface area contributed by atoms with Gasteiger partial charge in [0.15, 0.2) is 0 Å². The summed E-state index contributed by atoms with van der Waals surface area (Å²) in [7, 11) is -3.83. The highest BCUT2D eigenvalue weighted by Gasteiger charge is 2.19. The van der Waals surface area contributed by atoms with Crippen LogP contribution in [0.25, 0.3) is 0 Å². The Morgan fingerprint density at radius 3 is 1.32 bits per heavy atom. The normalized spacial score (nSPS) is 14.3. The molecule has 0 aromatic rings. The van der Waals surface area contributed by atoms with Gasteiger partial charge in [-0.3, -0.25) is 9.05 Å². The molecule has 7 heteroatoms. The van der Waals surface area contributed by atoms with Crippen LogP contribution in [0.2, 0.25) is 0 Å². The van der Waals surface area contributed by atoms with E-state index in [1.54, 1.807) is 0 Å². The number of hydrogen-bond acceptors (Lipinski definition) is 5. The lowest BCUT2D eigenvalue weighted by molar-refractivity contribution is 0.109. The predicted molar refractivity (Wildman–Crippen MR) is 131 cm³/mol. The third-order valence-electron chi connectivity index (χ3n) is 5.35. The second-order valence-electron chi connectivity index (χ2n) is 8.45. The standard InChI is InChI=1S/C20H43O4P.C4H9NO/c1-3-5-7-9-11-13-15-17-19-23-25(21,22)24-20-18-16-14-12-10-8-6-4-2;1-3-6-4-2-5-1/h3-20H2,1-2H3,(H,21,22);5H,1-4H2. The number of phosphoric ester groups is 1. The topological polar surface area (TPSA) is 77.0 Å². The predicted octanol–water partition coefficient (Wildman–Crippen LogP) is 7.01. The average Bonchev–Trinajstić information content (AvgIpc) is 2.78. The van der Waals surface area contributed by atoms with Crippen LogP contribution in [-0.4, -0.2) is 44.4 Å². The summed E-state index contributed by atoms with van der Waals surface area (Å²) in [5, 5.41) is 3.16. The highest BCUT2D eigenvalue weighted by Crippen LogP contribution is 2.43. The van der Waals surface area contributed by atoms with Crippen LogP contribution in [0.15, 0.2) is 0 Å². The fraction of sp³-hybridized carbons (Fsp3) is 1.00. The zero-order chi connectivity index (χ0) is 22.9. The maximum atomic E-state index is 11.7. The van der Waals surface area contributed by atoms with Crippen molar-refractivity contribution in [2.45, 2.75) is 117 Å². The SMILES string of the molecule is C1COCCN1.CCCCCCCCCCOP(=O)(O)OCCCCCCCCCC. The molecule has 1 heterocycles. The fourth-order valence-corrected chi connectivity index (χ4v) is 4.18. The molecule has 0 aromatic heterocycles. The van der Waals surface area contributed by atoms with Gasteiger partial charge in [-0.1, -0.05) is 104 Å². The Hall–Kier alpha value is 0.0300. The quantitative estimate of drug-likeness (QED) is 0.149. The molecule has 0 spiro atoms. The van der Waals surface area contributed by atoms with Crippen molar-refractivity contribution in [3.63, 3.8) is 0 Å². The average molecular weight is 466 g/mol. The Labute approximate surface area is 192 Å². The van der Waals surface area contributed by atoms with Crippen LogP contribution in [0.5, 0.6) is 0 Å². The van der Waals surface area contributed by atoms with Gasteiger partial charge in [-0.25, -0.2) is 4.57 Å². The van der Waals surface area contributed by atoms with Gasteiger partial charge in [-0.05, 0) is 12.8 Å². The first-order valence-corrected chi connectivity index (χ1v) is 14.5. The summed E-state index contributed by atoms with van der Waals surface area (Å²) in [6.45, 7) is 8.92. The van der Waals surface area contributed by atoms with Gasteiger partial charge < -0.3 is 14.9 Å². The van der Waals surface area contributed by atoms with Gasteiger partial charge in [0, 0.05) is 13.1 Å². The lowest BCUT2D eigenvalue weighted by Crippen LogP contribution is -2.30. The Balaban J connectivity index is 0.00000127. The number of morpholine rings is 1. The summed E-state index contributed by atoms with van der Waals surface area (Å²) in [6.07, 6.45) is 19.1. The molecule has 0 atom stereocenters. The molecule has 188 valence electrons. The summed E-state index contributed by atoms with van der Waals surface area (Å²) in [5.74, 6) is 0. The van der Waals surface area contributed by atoms with E-state index in [1.807, 2.05) is 0 Å². The smallest absolute Gasteiger partial charge is 0.379 e. The molecule has 6 nitrogen and oxygen atoms in total. The molecule has 2 N–H and O–H groups in total. The van der Waals surface area contributed by atoms with Crippen molar-refractivity contribution >= 4 is 7.82 Å². The first-order valence-electron chi connectivity index (χ1n) is 13.0. The van der Waals surface area contributed by atoms with E-state index in [0.717, 1.165) is 52.0 Å². The molecule has 0 unspecified atom stereocenters. The van der Waals surface area contributed by atoms with Crippen molar-refractivity contribution < 1.29 is 23.2 Å². The van der Waals surface area contributed by atoms with Crippen molar-refractivity contribution in [1.29, 1.82) is 0 Å². The molecular weight excluding hydrogens is 413 g/mol. The summed E-state index contributed by atoms with van der Waals surface area (Å²) < 4.78 is 26.8. The lowest BCUT2D eigenvalue weighted by Gasteiger charge is -2.12. The van der Waals surface area contributed by atoms with Gasteiger partial charge in [-0.2, -0.15) is 0 Å². The first kappa shape index (κ1) is 31.0. The number of hydrogen-bond donors (Lipinski definition) is 2. The fourth-order valence-electron chi connectivity index (χ4n) is 3.38. The molecule has 1 fully saturated rings. The van der Waals surface area contributed by atoms with Crippen LogP contribution in [-0.2, 0) is 18.3 Å². The van der Waals surface area contributed by atoms with E-state index in [4.69, 9.17) is 13.8 Å². The van der Waals surface area contributed by atoms with E-state index < -0.39 is 7.82 Å². The zero-order valence-electron chi connectivity index (χ0n) is 20.6. The third kappa shape index (κ3) is 26.2. The van der Waals surface area contributed by atoms with Gasteiger partial charge in [-0.15, -0.1) is 0 Å². The molecule has 1 aliphatic heterocycles. The van der Waals surface area contributed by atoms with Crippen molar-refractivity contribution in [2.75, 3.05) is 39.5 Å². The van der Waals surface area contributed by atoms with Gasteiger partial charge in [0.2, 0.25) is 0 Å². The van der Waals surface area contributed by atoms with Crippen molar-refractivity contribution in [3.8, 4) is 0 Å². The molecule has 0 aromatic carbocycles. The minimum absolute atomic E-state index is 0.320. The largest absolute Gasteiger partial charge is 0.472 e. The van der Waals surface area contributed by atoms with Crippen LogP contribution in [0.1, 0.15) is 117 Å².